The van der Waals surface area contributed by atoms with Gasteiger partial charge < -0.3 is 14.2 Å². The maximum atomic E-state index is 12.8. The van der Waals surface area contributed by atoms with Gasteiger partial charge in [0.15, 0.2) is 11.7 Å². The molecule has 1 saturated heterocycles. The van der Waals surface area contributed by atoms with E-state index in [4.69, 9.17) is 4.42 Å². The van der Waals surface area contributed by atoms with Crippen LogP contribution in [-0.4, -0.2) is 51.9 Å². The molecule has 3 heterocycles. The number of carbonyl (C=O) groups is 1. The first-order valence-corrected chi connectivity index (χ1v) is 12.5. The third-order valence-electron chi connectivity index (χ3n) is 6.65. The number of aryl methyl sites for hydroxylation is 1. The lowest BCUT2D eigenvalue weighted by molar-refractivity contribution is -0.131. The third kappa shape index (κ3) is 5.46. The maximum absolute atomic E-state index is 12.8. The Balaban J connectivity index is 1.13. The zero-order valence-corrected chi connectivity index (χ0v) is 20.8. The van der Waals surface area contributed by atoms with Crippen LogP contribution in [0.3, 0.4) is 0 Å². The van der Waals surface area contributed by atoms with E-state index in [1.807, 2.05) is 41.3 Å². The zero-order valence-electron chi connectivity index (χ0n) is 20.8. The first-order chi connectivity index (χ1) is 17.6. The van der Waals surface area contributed by atoms with Gasteiger partial charge in [-0.2, -0.15) is 0 Å². The molecule has 1 fully saturated rings. The summed E-state index contributed by atoms with van der Waals surface area (Å²) in [6.07, 6.45) is 4.24. The Morgan fingerprint density at radius 1 is 0.917 bits per heavy atom. The highest BCUT2D eigenvalue weighted by atomic mass is 16.4. The monoisotopic (exact) mass is 481 g/mol. The lowest BCUT2D eigenvalue weighted by Gasteiger charge is -2.35. The molecule has 7 nitrogen and oxygen atoms in total. The molecule has 7 heteroatoms. The molecule has 36 heavy (non-hydrogen) atoms. The third-order valence-corrected chi connectivity index (χ3v) is 6.65. The summed E-state index contributed by atoms with van der Waals surface area (Å²) in [5, 5.41) is 0. The number of oxazole rings is 1. The fourth-order valence-corrected chi connectivity index (χ4v) is 4.44. The number of rotatable bonds is 7. The first kappa shape index (κ1) is 23.7. The van der Waals surface area contributed by atoms with Crippen molar-refractivity contribution >= 4 is 11.7 Å². The number of aromatic nitrogens is 3. The van der Waals surface area contributed by atoms with E-state index in [0.29, 0.717) is 37.7 Å². The van der Waals surface area contributed by atoms with E-state index in [0.717, 1.165) is 41.5 Å². The molecule has 4 aromatic rings. The highest BCUT2D eigenvalue weighted by Gasteiger charge is 2.22. The fourth-order valence-electron chi connectivity index (χ4n) is 4.44. The van der Waals surface area contributed by atoms with Gasteiger partial charge in [0.2, 0.25) is 5.91 Å². The van der Waals surface area contributed by atoms with Crippen molar-refractivity contribution in [3.8, 4) is 22.6 Å². The lowest BCUT2D eigenvalue weighted by atomic mass is 10.0. The summed E-state index contributed by atoms with van der Waals surface area (Å²) >= 11 is 0. The van der Waals surface area contributed by atoms with Crippen LogP contribution in [0.25, 0.3) is 22.6 Å². The molecule has 2 aromatic heterocycles. The Hall–Kier alpha value is -4.00. The topological polar surface area (TPSA) is 75.4 Å². The summed E-state index contributed by atoms with van der Waals surface area (Å²) in [4.78, 5) is 30.2. The van der Waals surface area contributed by atoms with Gasteiger partial charge in [-0.15, -0.1) is 0 Å². The molecule has 0 N–H and O–H groups in total. The molecule has 0 aliphatic carbocycles. The van der Waals surface area contributed by atoms with Crippen molar-refractivity contribution in [3.05, 3.63) is 84.6 Å². The van der Waals surface area contributed by atoms with Crippen molar-refractivity contribution < 1.29 is 9.21 Å². The van der Waals surface area contributed by atoms with Gasteiger partial charge in [-0.3, -0.25) is 4.79 Å². The molecule has 1 aliphatic rings. The largest absolute Gasteiger partial charge is 0.441 e. The van der Waals surface area contributed by atoms with Crippen molar-refractivity contribution in [2.75, 3.05) is 31.1 Å². The molecule has 184 valence electrons. The van der Waals surface area contributed by atoms with Gasteiger partial charge in [-0.25, -0.2) is 15.0 Å². The number of hydrogen-bond acceptors (Lipinski definition) is 6. The molecular formula is C29H31N5O2. The van der Waals surface area contributed by atoms with Crippen LogP contribution < -0.4 is 4.90 Å². The second-order valence-corrected chi connectivity index (χ2v) is 9.39. The lowest BCUT2D eigenvalue weighted by Crippen LogP contribution is -2.49. The van der Waals surface area contributed by atoms with E-state index < -0.39 is 0 Å². The van der Waals surface area contributed by atoms with E-state index in [2.05, 4.69) is 58.0 Å². The van der Waals surface area contributed by atoms with Crippen molar-refractivity contribution in [1.29, 1.82) is 0 Å². The van der Waals surface area contributed by atoms with Gasteiger partial charge in [-0.05, 0) is 11.5 Å². The summed E-state index contributed by atoms with van der Waals surface area (Å²) in [7, 11) is 0. The average Bonchev–Trinajstić information content (AvgIpc) is 3.41. The fraction of sp³-hybridized carbons (Fsp3) is 0.310. The summed E-state index contributed by atoms with van der Waals surface area (Å²) in [5.74, 6) is 2.85. The number of anilines is 1. The summed E-state index contributed by atoms with van der Waals surface area (Å²) in [6, 6.07) is 20.5. The van der Waals surface area contributed by atoms with Gasteiger partial charge >= 0.3 is 0 Å². The highest BCUT2D eigenvalue weighted by molar-refractivity contribution is 5.76. The van der Waals surface area contributed by atoms with Crippen molar-refractivity contribution in [2.45, 2.75) is 32.6 Å². The normalized spacial score (nSPS) is 13.9. The minimum Gasteiger partial charge on any atom is -0.441 e. The predicted octanol–water partition coefficient (Wildman–Crippen LogP) is 5.20. The number of piperazine rings is 1. The molecule has 1 amide bonds. The maximum Gasteiger partial charge on any atom is 0.223 e. The van der Waals surface area contributed by atoms with Crippen molar-refractivity contribution in [3.63, 3.8) is 0 Å². The molecular weight excluding hydrogens is 450 g/mol. The van der Waals surface area contributed by atoms with Gasteiger partial charge in [0.1, 0.15) is 12.1 Å². The average molecular weight is 482 g/mol. The van der Waals surface area contributed by atoms with Crippen LogP contribution in [0.1, 0.15) is 37.6 Å². The SMILES string of the molecule is CC(C)c1ccc(-c2cnc(CCC(=O)N3CCN(c4cc(-c5ccccc5)ncn4)CC3)o2)cc1. The Morgan fingerprint density at radius 3 is 2.39 bits per heavy atom. The van der Waals surface area contributed by atoms with E-state index in [9.17, 15) is 4.79 Å². The molecule has 0 radical (unpaired) electrons. The van der Waals surface area contributed by atoms with Crippen LogP contribution in [0.15, 0.2) is 77.6 Å². The number of carbonyl (C=O) groups excluding carboxylic acids is 1. The number of nitrogens with zero attached hydrogens (tertiary/aromatic N) is 5. The highest BCUT2D eigenvalue weighted by Crippen LogP contribution is 2.24. The molecule has 0 atom stereocenters. The smallest absolute Gasteiger partial charge is 0.223 e. The summed E-state index contributed by atoms with van der Waals surface area (Å²) in [5.41, 5.74) is 4.26. The molecule has 0 saturated carbocycles. The van der Waals surface area contributed by atoms with Gasteiger partial charge in [0.05, 0.1) is 11.9 Å². The molecule has 0 spiro atoms. The minimum atomic E-state index is 0.128. The number of benzene rings is 2. The van der Waals surface area contributed by atoms with Crippen molar-refractivity contribution in [2.24, 2.45) is 0 Å². The zero-order chi connectivity index (χ0) is 24.9. The standard InChI is InChI=1S/C29H31N5O2/c1-21(2)22-8-10-24(11-9-22)26-19-30-28(36-26)12-13-29(35)34-16-14-33(15-17-34)27-18-25(31-20-32-27)23-6-4-3-5-7-23/h3-11,18-21H,12-17H2,1-2H3. The Labute approximate surface area is 211 Å². The van der Waals surface area contributed by atoms with Crippen LogP contribution >= 0.6 is 0 Å². The Kier molecular flexibility index (Phi) is 7.07. The van der Waals surface area contributed by atoms with Gasteiger partial charge in [-0.1, -0.05) is 68.4 Å². The van der Waals surface area contributed by atoms with E-state index >= 15 is 0 Å². The van der Waals surface area contributed by atoms with Crippen molar-refractivity contribution in [1.82, 2.24) is 19.9 Å². The van der Waals surface area contributed by atoms with Crippen LogP contribution in [-0.2, 0) is 11.2 Å². The van der Waals surface area contributed by atoms with E-state index in [-0.39, 0.29) is 5.91 Å². The Bertz CT molecular complexity index is 1290. The van der Waals surface area contributed by atoms with Crippen LogP contribution in [0.4, 0.5) is 5.82 Å². The van der Waals surface area contributed by atoms with E-state index in [1.165, 1.54) is 5.56 Å². The quantitative estimate of drug-likeness (QED) is 0.361. The molecule has 2 aromatic carbocycles. The van der Waals surface area contributed by atoms with Crippen LogP contribution in [0.2, 0.25) is 0 Å². The summed E-state index contributed by atoms with van der Waals surface area (Å²) in [6.45, 7) is 7.18. The molecule has 1 aliphatic heterocycles. The number of amides is 1. The van der Waals surface area contributed by atoms with E-state index in [1.54, 1.807) is 12.5 Å². The minimum absolute atomic E-state index is 0.128. The van der Waals surface area contributed by atoms with Crippen LogP contribution in [0.5, 0.6) is 0 Å². The predicted molar refractivity (Wildman–Crippen MR) is 141 cm³/mol. The summed E-state index contributed by atoms with van der Waals surface area (Å²) < 4.78 is 5.93. The molecule has 0 unspecified atom stereocenters. The number of hydrogen-bond donors (Lipinski definition) is 0. The van der Waals surface area contributed by atoms with Gasteiger partial charge in [0, 0.05) is 56.2 Å². The molecule has 5 rings (SSSR count). The Morgan fingerprint density at radius 2 is 1.67 bits per heavy atom. The second-order valence-electron chi connectivity index (χ2n) is 9.39. The molecule has 0 bridgehead atoms. The second kappa shape index (κ2) is 10.7. The van der Waals surface area contributed by atoms with Gasteiger partial charge in [0.25, 0.3) is 0 Å². The first-order valence-electron chi connectivity index (χ1n) is 12.5. The van der Waals surface area contributed by atoms with Crippen LogP contribution in [0, 0.1) is 0 Å².